The van der Waals surface area contributed by atoms with Crippen LogP contribution in [0.5, 0.6) is 5.75 Å². The van der Waals surface area contributed by atoms with Crippen molar-refractivity contribution in [3.05, 3.63) is 83.4 Å². The maximum atomic E-state index is 14.1. The van der Waals surface area contributed by atoms with Crippen molar-refractivity contribution in [2.24, 2.45) is 5.92 Å². The Morgan fingerprint density at radius 2 is 1.48 bits per heavy atom. The molecule has 0 amide bonds. The largest absolute Gasteiger partial charge is 0.573 e. The van der Waals surface area contributed by atoms with Gasteiger partial charge in [0.25, 0.3) is 0 Å². The number of benzene rings is 3. The molecule has 3 aromatic carbocycles. The first kappa shape index (κ1) is 31.8. The van der Waals surface area contributed by atoms with E-state index in [0.717, 1.165) is 5.56 Å². The van der Waals surface area contributed by atoms with Crippen LogP contribution in [0, 0.1) is 12.8 Å². The number of anilines is 1. The molecule has 0 radical (unpaired) electrons. The predicted molar refractivity (Wildman–Crippen MR) is 155 cm³/mol. The predicted octanol–water partition coefficient (Wildman–Crippen LogP) is 4.83. The smallest absolute Gasteiger partial charge is 0.406 e. The van der Waals surface area contributed by atoms with E-state index < -0.39 is 50.5 Å². The average Bonchev–Trinajstić information content (AvgIpc) is 3.37. The number of carbonyl (C=O) groups excluding carboxylic acids is 1. The number of sulfonamides is 1. The van der Waals surface area contributed by atoms with Crippen molar-refractivity contribution in [1.29, 1.82) is 0 Å². The molecule has 3 atom stereocenters. The van der Waals surface area contributed by atoms with Gasteiger partial charge in [0.15, 0.2) is 0 Å². The van der Waals surface area contributed by atoms with E-state index in [1.165, 1.54) is 46.8 Å². The Morgan fingerprint density at radius 3 is 2.07 bits per heavy atom. The second kappa shape index (κ2) is 11.7. The summed E-state index contributed by atoms with van der Waals surface area (Å²) in [7, 11) is -8.41. The number of rotatable bonds is 7. The molecule has 0 N–H and O–H groups in total. The lowest BCUT2D eigenvalue weighted by Crippen LogP contribution is -2.58. The summed E-state index contributed by atoms with van der Waals surface area (Å²) in [5.74, 6) is -2.18. The molecule has 1 fully saturated rings. The third kappa shape index (κ3) is 6.57. The molecule has 14 heteroatoms. The lowest BCUT2D eigenvalue weighted by molar-refractivity contribution is -0.274. The second-order valence-electron chi connectivity index (χ2n) is 11.1. The lowest BCUT2D eigenvalue weighted by Gasteiger charge is -2.44. The molecule has 1 heterocycles. The minimum absolute atomic E-state index is 0.00204. The summed E-state index contributed by atoms with van der Waals surface area (Å²) in [6, 6.07) is 15.1. The summed E-state index contributed by atoms with van der Waals surface area (Å²) in [6.45, 7) is 5.86. The average molecular weight is 653 g/mol. The number of piperazine rings is 1. The molecular weight excluding hydrogens is 621 g/mol. The summed E-state index contributed by atoms with van der Waals surface area (Å²) >= 11 is 0. The Labute approximate surface area is 254 Å². The van der Waals surface area contributed by atoms with Crippen molar-refractivity contribution in [1.82, 2.24) is 4.31 Å². The molecule has 0 aromatic heterocycles. The van der Waals surface area contributed by atoms with Crippen LogP contribution in [0.2, 0.25) is 0 Å². The van der Waals surface area contributed by atoms with Crippen LogP contribution in [0.1, 0.15) is 30.5 Å². The molecule has 236 valence electrons. The first-order chi connectivity index (χ1) is 20.5. The van der Waals surface area contributed by atoms with E-state index in [1.807, 2.05) is 4.90 Å². The summed E-state index contributed by atoms with van der Waals surface area (Å²) in [4.78, 5) is 14.8. The number of nitrogens with zero attached hydrogens (tertiary/aromatic N) is 2. The van der Waals surface area contributed by atoms with E-state index in [0.29, 0.717) is 16.8 Å². The zero-order valence-electron chi connectivity index (χ0n) is 24.1. The van der Waals surface area contributed by atoms with Gasteiger partial charge in [-0.15, -0.1) is 13.2 Å². The third-order valence-electron chi connectivity index (χ3n) is 7.81. The maximum absolute atomic E-state index is 14.1. The molecule has 1 saturated heterocycles. The number of fused-ring (bicyclic) bond motifs is 1. The van der Waals surface area contributed by atoms with E-state index in [1.54, 1.807) is 45.0 Å². The van der Waals surface area contributed by atoms with Crippen LogP contribution in [0.25, 0.3) is 0 Å². The number of alkyl halides is 3. The fourth-order valence-electron chi connectivity index (χ4n) is 5.92. The zero-order chi connectivity index (χ0) is 32.0. The van der Waals surface area contributed by atoms with E-state index in [2.05, 4.69) is 4.74 Å². The number of ether oxygens (including phenoxy) is 1. The molecule has 3 unspecified atom stereocenters. The molecule has 0 saturated carbocycles. The van der Waals surface area contributed by atoms with Gasteiger partial charge in [0.05, 0.1) is 10.8 Å². The van der Waals surface area contributed by atoms with Crippen LogP contribution in [0.3, 0.4) is 0 Å². The number of aryl methyl sites for hydroxylation is 1. The Hall–Kier alpha value is -3.62. The molecule has 1 aliphatic carbocycles. The minimum atomic E-state index is -4.80. The molecule has 0 bridgehead atoms. The van der Waals surface area contributed by atoms with Crippen LogP contribution < -0.4 is 9.64 Å². The highest BCUT2D eigenvalue weighted by atomic mass is 32.2. The monoisotopic (exact) mass is 652 g/mol. The number of hydrogen-bond acceptors (Lipinski definition) is 8. The van der Waals surface area contributed by atoms with E-state index in [-0.39, 0.29) is 41.5 Å². The summed E-state index contributed by atoms with van der Waals surface area (Å²) in [5.41, 5.74) is 2.54. The van der Waals surface area contributed by atoms with Crippen molar-refractivity contribution < 1.29 is 43.7 Å². The van der Waals surface area contributed by atoms with Crippen LogP contribution in [-0.4, -0.2) is 58.6 Å². The zero-order valence-corrected chi connectivity index (χ0v) is 25.7. The number of halogens is 3. The number of carbonyl (C=O) groups is 1. The Kier molecular flexibility index (Phi) is 8.46. The molecule has 0 spiro atoms. The van der Waals surface area contributed by atoms with Gasteiger partial charge >= 0.3 is 22.4 Å². The molecule has 9 nitrogen and oxygen atoms in total. The molecule has 2 aliphatic rings. The minimum Gasteiger partial charge on any atom is -0.406 e. The van der Waals surface area contributed by atoms with E-state index in [4.69, 9.17) is 4.18 Å². The lowest BCUT2D eigenvalue weighted by atomic mass is 10.1. The first-order valence-electron chi connectivity index (χ1n) is 13.9. The molecule has 3 aromatic rings. The molecule has 1 aliphatic heterocycles. The second-order valence-corrected chi connectivity index (χ2v) is 14.5. The van der Waals surface area contributed by atoms with Crippen molar-refractivity contribution in [3.8, 4) is 5.75 Å². The van der Waals surface area contributed by atoms with Gasteiger partial charge in [-0.3, -0.25) is 4.79 Å². The fourth-order valence-corrected chi connectivity index (χ4v) is 8.92. The molecular formula is C30H31F3N2O7S2. The first-order valence-corrected chi connectivity index (χ1v) is 16.7. The van der Waals surface area contributed by atoms with Crippen molar-refractivity contribution in [2.75, 3.05) is 18.0 Å². The van der Waals surface area contributed by atoms with Crippen LogP contribution in [0.4, 0.5) is 18.9 Å². The van der Waals surface area contributed by atoms with Crippen molar-refractivity contribution >= 4 is 31.8 Å². The van der Waals surface area contributed by atoms with Crippen LogP contribution >= 0.6 is 0 Å². The van der Waals surface area contributed by atoms with Gasteiger partial charge < -0.3 is 13.8 Å². The van der Waals surface area contributed by atoms with Crippen LogP contribution in [-0.2, 0) is 42.0 Å². The molecule has 5 rings (SSSR count). The summed E-state index contributed by atoms with van der Waals surface area (Å²) in [6.07, 6.45) is -4.67. The normalized spacial score (nSPS) is 21.1. The van der Waals surface area contributed by atoms with E-state index in [9.17, 15) is 34.8 Å². The van der Waals surface area contributed by atoms with Gasteiger partial charge in [0.1, 0.15) is 10.6 Å². The van der Waals surface area contributed by atoms with Gasteiger partial charge in [-0.1, -0.05) is 29.8 Å². The van der Waals surface area contributed by atoms with Gasteiger partial charge in [0.2, 0.25) is 10.0 Å². The van der Waals surface area contributed by atoms with Crippen molar-refractivity contribution in [3.63, 3.8) is 0 Å². The Balaban J connectivity index is 1.31. The van der Waals surface area contributed by atoms with Gasteiger partial charge in [-0.05, 0) is 87.2 Å². The number of hydrogen-bond donors (Lipinski definition) is 0. The van der Waals surface area contributed by atoms with Gasteiger partial charge in [-0.25, -0.2) is 8.42 Å². The topological polar surface area (TPSA) is 110 Å². The van der Waals surface area contributed by atoms with Crippen LogP contribution in [0.15, 0.2) is 76.5 Å². The maximum Gasteiger partial charge on any atom is 0.573 e. The Bertz CT molecular complexity index is 1750. The van der Waals surface area contributed by atoms with Gasteiger partial charge in [0, 0.05) is 30.9 Å². The summed E-state index contributed by atoms with van der Waals surface area (Å²) in [5, 5.41) is 0. The van der Waals surface area contributed by atoms with Crippen molar-refractivity contribution in [2.45, 2.75) is 61.8 Å². The quantitative estimate of drug-likeness (QED) is 0.334. The highest BCUT2D eigenvalue weighted by molar-refractivity contribution is 7.89. The third-order valence-corrected chi connectivity index (χ3v) is 11.3. The Morgan fingerprint density at radius 1 is 0.864 bits per heavy atom. The standard InChI is InChI=1S/C30H31F3N2O7S2/c1-19-7-13-26(14-8-19)44(39,40)42-29(36)23-15-22-5-4-6-28(27(22)16-23)43(37,38)35-20(2)17-34(18-21(35)3)24-9-11-25(12-10-24)41-30(31,32)33/h4-14,20-21,23H,15-18H2,1-3H3. The highest BCUT2D eigenvalue weighted by Crippen LogP contribution is 2.37. The SMILES string of the molecule is Cc1ccc(S(=O)(=O)OC(=O)C2Cc3cccc(S(=O)(=O)N4C(C)CN(c5ccc(OC(F)(F)F)cc5)CC4C)c3C2)cc1. The highest BCUT2D eigenvalue weighted by Gasteiger charge is 2.42. The molecule has 44 heavy (non-hydrogen) atoms. The summed E-state index contributed by atoms with van der Waals surface area (Å²) < 4.78 is 101. The van der Waals surface area contributed by atoms with Gasteiger partial charge in [-0.2, -0.15) is 12.7 Å². The van der Waals surface area contributed by atoms with E-state index >= 15 is 0 Å². The fraction of sp³-hybridized carbons (Fsp3) is 0.367.